The molecule has 0 aliphatic carbocycles. The summed E-state index contributed by atoms with van der Waals surface area (Å²) in [5.74, 6) is 0.341. The van der Waals surface area contributed by atoms with Gasteiger partial charge < -0.3 is 5.32 Å². The van der Waals surface area contributed by atoms with E-state index in [0.29, 0.717) is 16.4 Å². The maximum absolute atomic E-state index is 13.6. The molecular weight excluding hydrogens is 524 g/mol. The van der Waals surface area contributed by atoms with Gasteiger partial charge in [-0.25, -0.2) is 8.42 Å². The smallest absolute Gasteiger partial charge is 0.264 e. The van der Waals surface area contributed by atoms with Crippen molar-refractivity contribution in [3.05, 3.63) is 119 Å². The van der Waals surface area contributed by atoms with Crippen molar-refractivity contribution in [3.63, 3.8) is 0 Å². The molecule has 4 aromatic rings. The molecule has 5 nitrogen and oxygen atoms in total. The monoisotopic (exact) mass is 550 g/mol. The van der Waals surface area contributed by atoms with Gasteiger partial charge in [-0.15, -0.1) is 11.8 Å². The van der Waals surface area contributed by atoms with Crippen molar-refractivity contribution in [1.82, 2.24) is 0 Å². The molecule has 0 heterocycles. The number of sulfonamides is 1. The van der Waals surface area contributed by atoms with E-state index in [9.17, 15) is 13.2 Å². The Morgan fingerprint density at radius 1 is 0.892 bits per heavy atom. The second kappa shape index (κ2) is 11.9. The van der Waals surface area contributed by atoms with E-state index in [4.69, 9.17) is 11.6 Å². The first-order valence-electron chi connectivity index (χ1n) is 11.6. The maximum atomic E-state index is 13.6. The summed E-state index contributed by atoms with van der Waals surface area (Å²) in [5.41, 5.74) is 3.78. The van der Waals surface area contributed by atoms with Crippen LogP contribution in [0.1, 0.15) is 16.7 Å². The Labute approximate surface area is 227 Å². The summed E-state index contributed by atoms with van der Waals surface area (Å²) >= 11 is 8.03. The molecule has 1 amide bonds. The first kappa shape index (κ1) is 26.8. The van der Waals surface area contributed by atoms with E-state index in [2.05, 4.69) is 17.4 Å². The highest BCUT2D eigenvalue weighted by Crippen LogP contribution is 2.28. The molecule has 0 saturated carbocycles. The molecule has 0 aliphatic heterocycles. The van der Waals surface area contributed by atoms with Crippen molar-refractivity contribution in [1.29, 1.82) is 0 Å². The second-order valence-electron chi connectivity index (χ2n) is 8.61. The highest BCUT2D eigenvalue weighted by atomic mass is 35.5. The molecule has 0 radical (unpaired) electrons. The summed E-state index contributed by atoms with van der Waals surface area (Å²) in [6, 6.07) is 29.2. The van der Waals surface area contributed by atoms with Crippen molar-refractivity contribution in [2.75, 3.05) is 16.2 Å². The first-order valence-corrected chi connectivity index (χ1v) is 14.4. The first-order chi connectivity index (χ1) is 17.7. The van der Waals surface area contributed by atoms with Gasteiger partial charge in [-0.3, -0.25) is 9.10 Å². The van der Waals surface area contributed by atoms with E-state index in [1.165, 1.54) is 17.0 Å². The Hall–Kier alpha value is -3.26. The predicted octanol–water partition coefficient (Wildman–Crippen LogP) is 7.08. The molecule has 0 fully saturated rings. The minimum atomic E-state index is -4.02. The minimum absolute atomic E-state index is 0.0999. The van der Waals surface area contributed by atoms with Crippen LogP contribution in [-0.4, -0.2) is 20.9 Å². The maximum Gasteiger partial charge on any atom is 0.264 e. The average Bonchev–Trinajstić information content (AvgIpc) is 2.89. The van der Waals surface area contributed by atoms with Crippen LogP contribution in [0.3, 0.4) is 0 Å². The highest BCUT2D eigenvalue weighted by Gasteiger charge is 2.27. The Morgan fingerprint density at radius 3 is 2.22 bits per heavy atom. The molecule has 0 aliphatic rings. The van der Waals surface area contributed by atoms with Crippen molar-refractivity contribution in [2.45, 2.75) is 29.4 Å². The number of carbonyl (C=O) groups is 1. The van der Waals surface area contributed by atoms with Crippen molar-refractivity contribution < 1.29 is 13.2 Å². The number of nitrogens with one attached hydrogen (secondary N) is 1. The quantitative estimate of drug-likeness (QED) is 0.226. The summed E-state index contributed by atoms with van der Waals surface area (Å²) in [4.78, 5) is 14.3. The Balaban J connectivity index is 1.50. The number of hydrogen-bond acceptors (Lipinski definition) is 4. The third-order valence-electron chi connectivity index (χ3n) is 5.73. The van der Waals surface area contributed by atoms with Crippen molar-refractivity contribution in [2.24, 2.45) is 0 Å². The lowest BCUT2D eigenvalue weighted by atomic mass is 10.2. The average molecular weight is 551 g/mol. The van der Waals surface area contributed by atoms with Crippen molar-refractivity contribution in [3.8, 4) is 0 Å². The summed E-state index contributed by atoms with van der Waals surface area (Å²) in [7, 11) is -4.02. The number of nitrogens with zero attached hydrogens (tertiary/aromatic N) is 1. The van der Waals surface area contributed by atoms with E-state index in [0.717, 1.165) is 26.7 Å². The molecular formula is C29H27ClN2O3S2. The van der Waals surface area contributed by atoms with Gasteiger partial charge in [-0.1, -0.05) is 65.7 Å². The predicted molar refractivity (Wildman–Crippen MR) is 153 cm³/mol. The molecule has 190 valence electrons. The zero-order chi connectivity index (χ0) is 26.4. The number of amides is 1. The minimum Gasteiger partial charge on any atom is -0.325 e. The van der Waals surface area contributed by atoms with Gasteiger partial charge in [0.05, 0.1) is 10.6 Å². The molecule has 37 heavy (non-hydrogen) atoms. The molecule has 0 bridgehead atoms. The van der Waals surface area contributed by atoms with Gasteiger partial charge in [0.15, 0.2) is 0 Å². The fourth-order valence-corrected chi connectivity index (χ4v) is 6.05. The SMILES string of the molecule is Cc1ccc(S(=O)(=O)N(CC(=O)Nc2ccc(CSc3ccccc3)cc2)c2ccc(C)c(Cl)c2)cc1. The van der Waals surface area contributed by atoms with Crippen LogP contribution in [0.15, 0.2) is 107 Å². The lowest BCUT2D eigenvalue weighted by Crippen LogP contribution is -2.38. The fraction of sp³-hybridized carbons (Fsp3) is 0.138. The number of halogens is 1. The number of aryl methyl sites for hydroxylation is 2. The van der Waals surface area contributed by atoms with Gasteiger partial charge in [-0.2, -0.15) is 0 Å². The molecule has 8 heteroatoms. The number of rotatable bonds is 9. The van der Waals surface area contributed by atoms with Gasteiger partial charge in [0, 0.05) is 21.4 Å². The third kappa shape index (κ3) is 6.95. The molecule has 1 N–H and O–H groups in total. The summed E-state index contributed by atoms with van der Waals surface area (Å²) in [5, 5.41) is 3.24. The largest absolute Gasteiger partial charge is 0.325 e. The van der Waals surface area contributed by atoms with Gasteiger partial charge in [0.2, 0.25) is 5.91 Å². The van der Waals surface area contributed by atoms with E-state index < -0.39 is 22.5 Å². The number of benzene rings is 4. The zero-order valence-corrected chi connectivity index (χ0v) is 22.9. The lowest BCUT2D eigenvalue weighted by molar-refractivity contribution is -0.114. The normalized spacial score (nSPS) is 11.2. The Bertz CT molecular complexity index is 1470. The molecule has 0 saturated heterocycles. The topological polar surface area (TPSA) is 66.5 Å². The molecule has 4 rings (SSSR count). The van der Waals surface area contributed by atoms with Gasteiger partial charge in [0.1, 0.15) is 6.54 Å². The molecule has 0 aromatic heterocycles. The van der Waals surface area contributed by atoms with Crippen LogP contribution in [-0.2, 0) is 20.6 Å². The van der Waals surface area contributed by atoms with Gasteiger partial charge in [-0.05, 0) is 73.5 Å². The van der Waals surface area contributed by atoms with Crippen LogP contribution in [0.2, 0.25) is 5.02 Å². The van der Waals surface area contributed by atoms with Crippen LogP contribution in [0.25, 0.3) is 0 Å². The van der Waals surface area contributed by atoms with Crippen LogP contribution in [0.4, 0.5) is 11.4 Å². The van der Waals surface area contributed by atoms with Crippen LogP contribution in [0, 0.1) is 13.8 Å². The van der Waals surface area contributed by atoms with E-state index in [1.54, 1.807) is 42.1 Å². The van der Waals surface area contributed by atoms with E-state index in [-0.39, 0.29) is 4.90 Å². The van der Waals surface area contributed by atoms with Crippen LogP contribution in [0.5, 0.6) is 0 Å². The Kier molecular flexibility index (Phi) is 8.59. The number of carbonyl (C=O) groups excluding carboxylic acids is 1. The number of thioether (sulfide) groups is 1. The van der Waals surface area contributed by atoms with Crippen LogP contribution < -0.4 is 9.62 Å². The molecule has 4 aromatic carbocycles. The molecule has 0 unspecified atom stereocenters. The van der Waals surface area contributed by atoms with Gasteiger partial charge in [0.25, 0.3) is 10.0 Å². The molecule has 0 atom stereocenters. The third-order valence-corrected chi connectivity index (χ3v) is 9.00. The van der Waals surface area contributed by atoms with Crippen molar-refractivity contribution >= 4 is 50.7 Å². The summed E-state index contributed by atoms with van der Waals surface area (Å²) in [6.07, 6.45) is 0. The fourth-order valence-electron chi connectivity index (χ4n) is 3.59. The molecule has 0 spiro atoms. The standard InChI is InChI=1S/C29H27ClN2O3S2/c1-21-8-16-27(17-9-21)37(34,35)32(25-15-10-22(2)28(30)18-25)19-29(33)31-24-13-11-23(12-14-24)20-36-26-6-4-3-5-7-26/h3-18H,19-20H2,1-2H3,(H,31,33). The Morgan fingerprint density at radius 2 is 1.57 bits per heavy atom. The van der Waals surface area contributed by atoms with E-state index >= 15 is 0 Å². The van der Waals surface area contributed by atoms with E-state index in [1.807, 2.05) is 56.3 Å². The number of hydrogen-bond donors (Lipinski definition) is 1. The zero-order valence-electron chi connectivity index (χ0n) is 20.5. The number of anilines is 2. The van der Waals surface area contributed by atoms with Gasteiger partial charge >= 0.3 is 0 Å². The summed E-state index contributed by atoms with van der Waals surface area (Å²) < 4.78 is 28.2. The lowest BCUT2D eigenvalue weighted by Gasteiger charge is -2.24. The second-order valence-corrected chi connectivity index (χ2v) is 11.9. The van der Waals surface area contributed by atoms with Crippen LogP contribution >= 0.6 is 23.4 Å². The highest BCUT2D eigenvalue weighted by molar-refractivity contribution is 7.98. The summed E-state index contributed by atoms with van der Waals surface area (Å²) in [6.45, 7) is 3.31.